The Morgan fingerprint density at radius 2 is 0.650 bits per heavy atom. The average molecular weight is 349 g/mol. The van der Waals surface area contributed by atoms with Crippen LogP contribution in [0.3, 0.4) is 0 Å². The number of hydrogen-bond donors (Lipinski definition) is 0. The van der Waals surface area contributed by atoms with Crippen LogP contribution in [-0.4, -0.2) is 44.0 Å². The molecule has 0 spiro atoms. The summed E-state index contributed by atoms with van der Waals surface area (Å²) >= 11 is 9.24. The third kappa shape index (κ3) is 4.70. The summed E-state index contributed by atoms with van der Waals surface area (Å²) in [5.74, 6) is 5.61. The van der Waals surface area contributed by atoms with Crippen LogP contribution in [0.15, 0.2) is 0 Å². The van der Waals surface area contributed by atoms with E-state index in [1.54, 1.807) is 0 Å². The van der Waals surface area contributed by atoms with Crippen LogP contribution in [-0.2, 0) is 0 Å². The van der Waals surface area contributed by atoms with E-state index in [9.17, 15) is 0 Å². The molecule has 0 bridgehead atoms. The van der Waals surface area contributed by atoms with Gasteiger partial charge in [-0.1, -0.05) is 25.7 Å². The van der Waals surface area contributed by atoms with Crippen LogP contribution in [0.25, 0.3) is 0 Å². The van der Waals surface area contributed by atoms with E-state index in [0.717, 1.165) is 21.0 Å². The number of fused-ring (bicyclic) bond motifs is 2. The lowest BCUT2D eigenvalue weighted by Gasteiger charge is -2.34. The molecule has 1 aliphatic heterocycles. The first kappa shape index (κ1) is 16.3. The van der Waals surface area contributed by atoms with Crippen LogP contribution < -0.4 is 0 Å². The van der Waals surface area contributed by atoms with Crippen LogP contribution in [0.5, 0.6) is 0 Å². The summed E-state index contributed by atoms with van der Waals surface area (Å²) in [6.07, 6.45) is 11.9. The van der Waals surface area contributed by atoms with Crippen LogP contribution in [0.2, 0.25) is 0 Å². The second-order valence-electron chi connectivity index (χ2n) is 6.21. The SMILES string of the molecule is C1CCC2SCCSC3CCCCC3SCCSC2C1. The number of rotatable bonds is 0. The normalized spacial score (nSPS) is 40.8. The van der Waals surface area contributed by atoms with Gasteiger partial charge in [0.1, 0.15) is 0 Å². The van der Waals surface area contributed by atoms with E-state index in [2.05, 4.69) is 47.0 Å². The lowest BCUT2D eigenvalue weighted by Crippen LogP contribution is -2.28. The molecule has 1 heterocycles. The number of thioether (sulfide) groups is 4. The number of hydrogen-bond acceptors (Lipinski definition) is 4. The molecule has 3 rings (SSSR count). The van der Waals surface area contributed by atoms with Crippen LogP contribution in [0.4, 0.5) is 0 Å². The Kier molecular flexibility index (Phi) is 7.22. The Hall–Kier alpha value is 1.40. The highest BCUT2D eigenvalue weighted by atomic mass is 32.2. The monoisotopic (exact) mass is 348 g/mol. The van der Waals surface area contributed by atoms with Gasteiger partial charge >= 0.3 is 0 Å². The predicted octanol–water partition coefficient (Wildman–Crippen LogP) is 5.56. The van der Waals surface area contributed by atoms with Gasteiger partial charge in [-0.2, -0.15) is 47.0 Å². The average Bonchev–Trinajstić information content (AvgIpc) is 2.49. The molecule has 1 saturated heterocycles. The molecule has 3 fully saturated rings. The molecule has 20 heavy (non-hydrogen) atoms. The molecule has 4 unspecified atom stereocenters. The zero-order valence-corrected chi connectivity index (χ0v) is 15.7. The molecular formula is C16H28S4. The molecule has 2 saturated carbocycles. The van der Waals surface area contributed by atoms with Crippen LogP contribution in [0, 0.1) is 0 Å². The molecular weight excluding hydrogens is 320 g/mol. The summed E-state index contributed by atoms with van der Waals surface area (Å²) in [4.78, 5) is 0. The van der Waals surface area contributed by atoms with Gasteiger partial charge < -0.3 is 0 Å². The maximum atomic E-state index is 2.31. The largest absolute Gasteiger partial charge is 0.157 e. The summed E-state index contributed by atoms with van der Waals surface area (Å²) in [6, 6.07) is 0. The summed E-state index contributed by atoms with van der Waals surface area (Å²) in [6.45, 7) is 0. The fraction of sp³-hybridized carbons (Fsp3) is 1.00. The van der Waals surface area contributed by atoms with Gasteiger partial charge in [-0.3, -0.25) is 0 Å². The van der Waals surface area contributed by atoms with E-state index < -0.39 is 0 Å². The van der Waals surface area contributed by atoms with Gasteiger partial charge in [0.25, 0.3) is 0 Å². The molecule has 0 aromatic rings. The first-order valence-corrected chi connectivity index (χ1v) is 12.6. The van der Waals surface area contributed by atoms with Crippen molar-refractivity contribution in [3.8, 4) is 0 Å². The second-order valence-corrected chi connectivity index (χ2v) is 11.6. The first-order valence-electron chi connectivity index (χ1n) is 8.40. The first-order chi connectivity index (χ1) is 9.93. The van der Waals surface area contributed by atoms with Crippen LogP contribution in [0.1, 0.15) is 51.4 Å². The minimum Gasteiger partial charge on any atom is -0.157 e. The van der Waals surface area contributed by atoms with Crippen molar-refractivity contribution in [3.63, 3.8) is 0 Å². The van der Waals surface area contributed by atoms with Crippen molar-refractivity contribution in [2.24, 2.45) is 0 Å². The lowest BCUT2D eigenvalue weighted by molar-refractivity contribution is 0.526. The Labute approximate surface area is 142 Å². The van der Waals surface area contributed by atoms with Crippen molar-refractivity contribution < 1.29 is 0 Å². The van der Waals surface area contributed by atoms with Gasteiger partial charge in [0, 0.05) is 44.0 Å². The minimum atomic E-state index is 0.973. The molecule has 4 heteroatoms. The molecule has 0 nitrogen and oxygen atoms in total. The van der Waals surface area contributed by atoms with Crippen molar-refractivity contribution >= 4 is 47.0 Å². The van der Waals surface area contributed by atoms with Gasteiger partial charge in [-0.15, -0.1) is 0 Å². The molecule has 0 aromatic heterocycles. The Balaban J connectivity index is 1.54. The van der Waals surface area contributed by atoms with Gasteiger partial charge in [-0.25, -0.2) is 0 Å². The minimum absolute atomic E-state index is 0.973. The highest BCUT2D eigenvalue weighted by Crippen LogP contribution is 2.40. The van der Waals surface area contributed by atoms with Crippen molar-refractivity contribution in [1.82, 2.24) is 0 Å². The molecule has 0 radical (unpaired) electrons. The van der Waals surface area contributed by atoms with Gasteiger partial charge in [0.05, 0.1) is 0 Å². The standard InChI is InChI=1S/C16H28S4/c1-2-6-14-13(5-1)17-9-10-19-15-7-3-4-8-16(15)20-12-11-18-14/h13-16H,1-12H2. The zero-order valence-electron chi connectivity index (χ0n) is 12.4. The van der Waals surface area contributed by atoms with E-state index in [1.807, 2.05) is 0 Å². The summed E-state index contributed by atoms with van der Waals surface area (Å²) < 4.78 is 0. The van der Waals surface area contributed by atoms with E-state index in [-0.39, 0.29) is 0 Å². The molecule has 4 atom stereocenters. The summed E-state index contributed by atoms with van der Waals surface area (Å²) in [7, 11) is 0. The van der Waals surface area contributed by atoms with Gasteiger partial charge in [0.15, 0.2) is 0 Å². The Morgan fingerprint density at radius 3 is 0.900 bits per heavy atom. The maximum Gasteiger partial charge on any atom is 0.0166 e. The van der Waals surface area contributed by atoms with E-state index in [4.69, 9.17) is 0 Å². The quantitative estimate of drug-likeness (QED) is 0.562. The lowest BCUT2D eigenvalue weighted by atomic mass is 10.00. The van der Waals surface area contributed by atoms with E-state index >= 15 is 0 Å². The fourth-order valence-corrected chi connectivity index (χ4v) is 10.1. The summed E-state index contributed by atoms with van der Waals surface area (Å²) in [5, 5.41) is 3.89. The molecule has 3 aliphatic rings. The van der Waals surface area contributed by atoms with Crippen molar-refractivity contribution in [3.05, 3.63) is 0 Å². The predicted molar refractivity (Wildman–Crippen MR) is 102 cm³/mol. The van der Waals surface area contributed by atoms with Crippen molar-refractivity contribution in [1.29, 1.82) is 0 Å². The summed E-state index contributed by atoms with van der Waals surface area (Å²) in [5.41, 5.74) is 0. The third-order valence-electron chi connectivity index (χ3n) is 4.78. The highest BCUT2D eigenvalue weighted by Gasteiger charge is 2.29. The topological polar surface area (TPSA) is 0 Å². The molecule has 0 aromatic carbocycles. The Morgan fingerprint density at radius 1 is 0.400 bits per heavy atom. The van der Waals surface area contributed by atoms with Crippen molar-refractivity contribution in [2.75, 3.05) is 23.0 Å². The van der Waals surface area contributed by atoms with E-state index in [0.29, 0.717) is 0 Å². The van der Waals surface area contributed by atoms with Gasteiger partial charge in [0.2, 0.25) is 0 Å². The van der Waals surface area contributed by atoms with Crippen molar-refractivity contribution in [2.45, 2.75) is 72.4 Å². The molecule has 0 N–H and O–H groups in total. The maximum absolute atomic E-state index is 2.31. The second kappa shape index (κ2) is 8.88. The van der Waals surface area contributed by atoms with Gasteiger partial charge in [-0.05, 0) is 25.7 Å². The molecule has 0 amide bonds. The molecule has 116 valence electrons. The third-order valence-corrected chi connectivity index (χ3v) is 11.4. The van der Waals surface area contributed by atoms with Crippen LogP contribution >= 0.6 is 47.0 Å². The Bertz CT molecular complexity index is 228. The van der Waals surface area contributed by atoms with E-state index in [1.165, 1.54) is 74.4 Å². The zero-order chi connectivity index (χ0) is 13.6. The highest BCUT2D eigenvalue weighted by molar-refractivity contribution is 8.07. The smallest absolute Gasteiger partial charge is 0.0166 e. The fourth-order valence-electron chi connectivity index (χ4n) is 3.69. The molecule has 2 aliphatic carbocycles.